The van der Waals surface area contributed by atoms with Crippen molar-refractivity contribution in [1.29, 1.82) is 0 Å². The van der Waals surface area contributed by atoms with Crippen LogP contribution in [0.4, 0.5) is 0 Å². The number of carbonyl (C=O) groups is 1. The van der Waals surface area contributed by atoms with Crippen molar-refractivity contribution in [3.63, 3.8) is 0 Å². The summed E-state index contributed by atoms with van der Waals surface area (Å²) in [7, 11) is 0. The van der Waals surface area contributed by atoms with E-state index in [4.69, 9.17) is 0 Å². The van der Waals surface area contributed by atoms with Crippen LogP contribution < -0.4 is 5.56 Å². The van der Waals surface area contributed by atoms with Gasteiger partial charge in [-0.15, -0.1) is 0 Å². The van der Waals surface area contributed by atoms with Crippen molar-refractivity contribution in [3.05, 3.63) is 81.6 Å². The van der Waals surface area contributed by atoms with Crippen LogP contribution >= 0.6 is 0 Å². The van der Waals surface area contributed by atoms with Crippen LogP contribution in [0.3, 0.4) is 0 Å². The maximum absolute atomic E-state index is 12.8. The molecule has 0 spiro atoms. The lowest BCUT2D eigenvalue weighted by Gasteiger charge is -2.22. The SMILES string of the molecule is CCCN(Cc1cc2ccc(C)cc2[nH]c1=O)C(=O)c1ccccc1. The molecule has 0 saturated carbocycles. The van der Waals surface area contributed by atoms with Gasteiger partial charge in [-0.1, -0.05) is 37.3 Å². The first-order valence-electron chi connectivity index (χ1n) is 8.55. The van der Waals surface area contributed by atoms with Crippen LogP contribution in [0.1, 0.15) is 34.8 Å². The molecule has 0 aliphatic heterocycles. The van der Waals surface area contributed by atoms with Crippen molar-refractivity contribution in [3.8, 4) is 0 Å². The summed E-state index contributed by atoms with van der Waals surface area (Å²) in [4.78, 5) is 29.9. The van der Waals surface area contributed by atoms with Gasteiger partial charge < -0.3 is 9.88 Å². The molecule has 25 heavy (non-hydrogen) atoms. The van der Waals surface area contributed by atoms with Gasteiger partial charge in [0.15, 0.2) is 0 Å². The first-order valence-corrected chi connectivity index (χ1v) is 8.55. The normalized spacial score (nSPS) is 10.8. The monoisotopic (exact) mass is 334 g/mol. The van der Waals surface area contributed by atoms with E-state index in [1.54, 1.807) is 17.0 Å². The Morgan fingerprint density at radius 2 is 1.84 bits per heavy atom. The lowest BCUT2D eigenvalue weighted by molar-refractivity contribution is 0.0742. The van der Waals surface area contributed by atoms with Gasteiger partial charge in [0.2, 0.25) is 0 Å². The smallest absolute Gasteiger partial charge is 0.254 e. The number of aromatic nitrogens is 1. The molecule has 0 fully saturated rings. The molecule has 4 nitrogen and oxygen atoms in total. The number of H-pyrrole nitrogens is 1. The highest BCUT2D eigenvalue weighted by atomic mass is 16.2. The number of fused-ring (bicyclic) bond motifs is 1. The lowest BCUT2D eigenvalue weighted by atomic mass is 10.1. The average molecular weight is 334 g/mol. The van der Waals surface area contributed by atoms with E-state index in [0.717, 1.165) is 22.9 Å². The molecule has 3 rings (SSSR count). The molecule has 0 bridgehead atoms. The minimum atomic E-state index is -0.139. The Morgan fingerprint density at radius 3 is 2.56 bits per heavy atom. The fourth-order valence-electron chi connectivity index (χ4n) is 2.97. The van der Waals surface area contributed by atoms with Crippen molar-refractivity contribution in [1.82, 2.24) is 9.88 Å². The molecule has 2 aromatic carbocycles. The summed E-state index contributed by atoms with van der Waals surface area (Å²) in [5.41, 5.74) is 3.03. The molecule has 0 unspecified atom stereocenters. The van der Waals surface area contributed by atoms with E-state index < -0.39 is 0 Å². The summed E-state index contributed by atoms with van der Waals surface area (Å²) in [5.74, 6) is -0.0501. The quantitative estimate of drug-likeness (QED) is 0.769. The van der Waals surface area contributed by atoms with Gasteiger partial charge in [-0.25, -0.2) is 0 Å². The first-order chi connectivity index (χ1) is 12.1. The summed E-state index contributed by atoms with van der Waals surface area (Å²) in [6.07, 6.45) is 0.837. The highest BCUT2D eigenvalue weighted by Gasteiger charge is 2.17. The van der Waals surface area contributed by atoms with Crippen LogP contribution in [0.5, 0.6) is 0 Å². The highest BCUT2D eigenvalue weighted by Crippen LogP contribution is 2.15. The van der Waals surface area contributed by atoms with Crippen molar-refractivity contribution in [2.75, 3.05) is 6.54 Å². The number of nitrogens with zero attached hydrogens (tertiary/aromatic N) is 1. The predicted molar refractivity (Wildman–Crippen MR) is 101 cm³/mol. The van der Waals surface area contributed by atoms with E-state index in [2.05, 4.69) is 4.98 Å². The van der Waals surface area contributed by atoms with Gasteiger partial charge in [-0.3, -0.25) is 9.59 Å². The molecule has 0 saturated heterocycles. The first kappa shape index (κ1) is 17.0. The van der Waals surface area contributed by atoms with Gasteiger partial charge in [0.05, 0.1) is 6.54 Å². The number of nitrogens with one attached hydrogen (secondary N) is 1. The van der Waals surface area contributed by atoms with Gasteiger partial charge >= 0.3 is 0 Å². The van der Waals surface area contributed by atoms with Crippen molar-refractivity contribution in [2.24, 2.45) is 0 Å². The Morgan fingerprint density at radius 1 is 1.08 bits per heavy atom. The molecule has 3 aromatic rings. The summed E-state index contributed by atoms with van der Waals surface area (Å²) in [5, 5.41) is 0.976. The number of aryl methyl sites for hydroxylation is 1. The highest BCUT2D eigenvalue weighted by molar-refractivity contribution is 5.94. The molecule has 128 valence electrons. The van der Waals surface area contributed by atoms with Gasteiger partial charge in [-0.05, 0) is 48.6 Å². The number of carbonyl (C=O) groups excluding carboxylic acids is 1. The molecule has 0 aliphatic carbocycles. The standard InChI is InChI=1S/C21H22N2O2/c1-3-11-23(21(25)16-7-5-4-6-8-16)14-18-13-17-10-9-15(2)12-19(17)22-20(18)24/h4-10,12-13H,3,11,14H2,1-2H3,(H,22,24). The number of aromatic amines is 1. The number of benzene rings is 2. The maximum Gasteiger partial charge on any atom is 0.254 e. The lowest BCUT2D eigenvalue weighted by Crippen LogP contribution is -2.33. The molecule has 0 aliphatic rings. The predicted octanol–water partition coefficient (Wildman–Crippen LogP) is 3.89. The zero-order chi connectivity index (χ0) is 17.8. The van der Waals surface area contributed by atoms with Crippen LogP contribution in [0.15, 0.2) is 59.4 Å². The van der Waals surface area contributed by atoms with Crippen LogP contribution in [0.25, 0.3) is 10.9 Å². The van der Waals surface area contributed by atoms with Crippen LogP contribution in [0, 0.1) is 6.92 Å². The van der Waals surface area contributed by atoms with E-state index in [9.17, 15) is 9.59 Å². The summed E-state index contributed by atoms with van der Waals surface area (Å²) < 4.78 is 0. The van der Waals surface area contributed by atoms with E-state index in [-0.39, 0.29) is 11.5 Å². The Labute approximate surface area is 147 Å². The average Bonchev–Trinajstić information content (AvgIpc) is 2.62. The molecule has 0 radical (unpaired) electrons. The van der Waals surface area contributed by atoms with E-state index in [1.165, 1.54) is 0 Å². The molecule has 1 heterocycles. The third-order valence-corrected chi connectivity index (χ3v) is 4.24. The van der Waals surface area contributed by atoms with Crippen molar-refractivity contribution in [2.45, 2.75) is 26.8 Å². The zero-order valence-corrected chi connectivity index (χ0v) is 14.6. The van der Waals surface area contributed by atoms with Crippen molar-refractivity contribution < 1.29 is 4.79 Å². The molecule has 1 amide bonds. The number of rotatable bonds is 5. The molecule has 1 N–H and O–H groups in total. The van der Waals surface area contributed by atoms with Gasteiger partial charge in [0, 0.05) is 23.2 Å². The maximum atomic E-state index is 12.8. The van der Waals surface area contributed by atoms with E-state index in [1.807, 2.05) is 56.3 Å². The molecule has 1 aromatic heterocycles. The Balaban J connectivity index is 1.93. The second-order valence-corrected chi connectivity index (χ2v) is 6.31. The fourth-order valence-corrected chi connectivity index (χ4v) is 2.97. The minimum Gasteiger partial charge on any atom is -0.334 e. The summed E-state index contributed by atoms with van der Waals surface area (Å²) >= 11 is 0. The second kappa shape index (κ2) is 7.34. The molecular formula is C21H22N2O2. The molecule has 4 heteroatoms. The second-order valence-electron chi connectivity index (χ2n) is 6.31. The van der Waals surface area contributed by atoms with E-state index >= 15 is 0 Å². The number of hydrogen-bond acceptors (Lipinski definition) is 2. The topological polar surface area (TPSA) is 53.2 Å². The number of hydrogen-bond donors (Lipinski definition) is 1. The third-order valence-electron chi connectivity index (χ3n) is 4.24. The van der Waals surface area contributed by atoms with Gasteiger partial charge in [0.1, 0.15) is 0 Å². The molecule has 0 atom stereocenters. The summed E-state index contributed by atoms with van der Waals surface area (Å²) in [6.45, 7) is 4.94. The van der Waals surface area contributed by atoms with E-state index in [0.29, 0.717) is 24.2 Å². The van der Waals surface area contributed by atoms with Crippen LogP contribution in [0.2, 0.25) is 0 Å². The van der Waals surface area contributed by atoms with Crippen LogP contribution in [-0.2, 0) is 6.54 Å². The Kier molecular flexibility index (Phi) is 4.98. The largest absolute Gasteiger partial charge is 0.334 e. The summed E-state index contributed by atoms with van der Waals surface area (Å²) in [6, 6.07) is 17.0. The van der Waals surface area contributed by atoms with Gasteiger partial charge in [0.25, 0.3) is 11.5 Å². The third kappa shape index (κ3) is 3.79. The number of pyridine rings is 1. The number of amides is 1. The Bertz CT molecular complexity index is 945. The van der Waals surface area contributed by atoms with Crippen LogP contribution in [-0.4, -0.2) is 22.3 Å². The van der Waals surface area contributed by atoms with Gasteiger partial charge in [-0.2, -0.15) is 0 Å². The zero-order valence-electron chi connectivity index (χ0n) is 14.6. The van der Waals surface area contributed by atoms with Crippen molar-refractivity contribution >= 4 is 16.8 Å². The Hall–Kier alpha value is -2.88. The molecular weight excluding hydrogens is 312 g/mol. The fraction of sp³-hybridized carbons (Fsp3) is 0.238. The minimum absolute atomic E-state index is 0.0501.